The van der Waals surface area contributed by atoms with E-state index < -0.39 is 36.4 Å². The van der Waals surface area contributed by atoms with Gasteiger partial charge >= 0.3 is 18.4 Å². The van der Waals surface area contributed by atoms with Gasteiger partial charge in [-0.2, -0.15) is 31.3 Å². The van der Waals surface area contributed by atoms with E-state index in [0.29, 0.717) is 6.20 Å². The second kappa shape index (κ2) is 6.31. The number of alkyl halides is 6. The van der Waals surface area contributed by atoms with Crippen LogP contribution in [0.25, 0.3) is 0 Å². The third-order valence-corrected chi connectivity index (χ3v) is 2.36. The number of aromatic nitrogens is 2. The maximum absolute atomic E-state index is 12.9. The number of hydrogen-bond donors (Lipinski definition) is 0. The topological polar surface area (TPSA) is 44.2 Å². The fraction of sp³-hybridized carbons (Fsp3) is 0.231. The Morgan fingerprint density at radius 3 is 2.17 bits per heavy atom. The second-order valence-corrected chi connectivity index (χ2v) is 4.19. The van der Waals surface area contributed by atoms with Crippen molar-refractivity contribution in [2.24, 2.45) is 0 Å². The zero-order valence-electron chi connectivity index (χ0n) is 11.1. The van der Waals surface area contributed by atoms with Crippen LogP contribution in [0, 0.1) is 0 Å². The lowest BCUT2D eigenvalue weighted by Crippen LogP contribution is -2.20. The van der Waals surface area contributed by atoms with Crippen molar-refractivity contribution in [1.82, 2.24) is 9.97 Å². The van der Waals surface area contributed by atoms with Gasteiger partial charge in [0.2, 0.25) is 5.88 Å². The quantitative estimate of drug-likeness (QED) is 0.783. The minimum absolute atomic E-state index is 0.0264. The van der Waals surface area contributed by atoms with Crippen molar-refractivity contribution in [2.75, 3.05) is 6.61 Å². The van der Waals surface area contributed by atoms with Gasteiger partial charge in [0.05, 0.1) is 6.20 Å². The number of rotatable bonds is 4. The lowest BCUT2D eigenvalue weighted by molar-refractivity contribution is -0.155. The van der Waals surface area contributed by atoms with Crippen LogP contribution >= 0.6 is 0 Å². The van der Waals surface area contributed by atoms with E-state index in [0.717, 1.165) is 0 Å². The molecule has 1 aromatic carbocycles. The Morgan fingerprint density at radius 2 is 1.61 bits per heavy atom. The molecule has 23 heavy (non-hydrogen) atoms. The van der Waals surface area contributed by atoms with Gasteiger partial charge in [-0.05, 0) is 12.1 Å². The summed E-state index contributed by atoms with van der Waals surface area (Å²) in [5, 5.41) is 0. The minimum atomic E-state index is -4.84. The normalized spacial score (nSPS) is 12.1. The molecule has 10 heteroatoms. The molecule has 0 saturated heterocycles. The summed E-state index contributed by atoms with van der Waals surface area (Å²) >= 11 is 0. The standard InChI is InChI=1S/C13H8F6N2O2/c14-12(15,16)7-22-11-20-6-9(13(17,18)19)10(21-11)23-8-4-2-1-3-5-8/h1-6H,7H2. The fourth-order valence-corrected chi connectivity index (χ4v) is 1.44. The summed E-state index contributed by atoms with van der Waals surface area (Å²) in [6, 6.07) is 6.46. The van der Waals surface area contributed by atoms with Gasteiger partial charge in [0, 0.05) is 0 Å². The smallest absolute Gasteiger partial charge is 0.423 e. The predicted molar refractivity (Wildman–Crippen MR) is 65.1 cm³/mol. The Morgan fingerprint density at radius 1 is 0.957 bits per heavy atom. The van der Waals surface area contributed by atoms with E-state index in [1.165, 1.54) is 24.3 Å². The molecule has 0 bridgehead atoms. The van der Waals surface area contributed by atoms with E-state index in [1.54, 1.807) is 6.07 Å². The average molecular weight is 338 g/mol. The van der Waals surface area contributed by atoms with E-state index in [-0.39, 0.29) is 5.75 Å². The van der Waals surface area contributed by atoms with Crippen LogP contribution in [-0.2, 0) is 6.18 Å². The second-order valence-electron chi connectivity index (χ2n) is 4.19. The number of ether oxygens (including phenoxy) is 2. The Kier molecular flexibility index (Phi) is 4.62. The van der Waals surface area contributed by atoms with E-state index in [1.807, 2.05) is 0 Å². The summed E-state index contributed by atoms with van der Waals surface area (Å²) in [5.74, 6) is -0.922. The molecule has 1 heterocycles. The van der Waals surface area contributed by atoms with Crippen molar-refractivity contribution in [3.8, 4) is 17.6 Å². The van der Waals surface area contributed by atoms with E-state index in [2.05, 4.69) is 14.7 Å². The van der Waals surface area contributed by atoms with Crippen molar-refractivity contribution < 1.29 is 35.8 Å². The molecule has 1 aromatic heterocycles. The number of nitrogens with zero attached hydrogens (tertiary/aromatic N) is 2. The maximum Gasteiger partial charge on any atom is 0.423 e. The Balaban J connectivity index is 2.31. The van der Waals surface area contributed by atoms with E-state index in [9.17, 15) is 26.3 Å². The third kappa shape index (κ3) is 5.01. The molecule has 0 unspecified atom stereocenters. The van der Waals surface area contributed by atoms with E-state index in [4.69, 9.17) is 4.74 Å². The Hall–Kier alpha value is -2.52. The predicted octanol–water partition coefficient (Wildman–Crippen LogP) is 4.23. The molecule has 0 aliphatic heterocycles. The first-order valence-electron chi connectivity index (χ1n) is 6.02. The summed E-state index contributed by atoms with van der Waals surface area (Å²) in [6.45, 7) is -1.73. The zero-order valence-corrected chi connectivity index (χ0v) is 11.1. The summed E-state index contributed by atoms with van der Waals surface area (Å²) in [6.07, 6.45) is -9.21. The van der Waals surface area contributed by atoms with Gasteiger partial charge in [0.1, 0.15) is 11.3 Å². The highest BCUT2D eigenvalue weighted by Gasteiger charge is 2.37. The molecule has 0 aliphatic carbocycles. The largest absolute Gasteiger partial charge is 0.454 e. The van der Waals surface area contributed by atoms with Gasteiger partial charge in [-0.3, -0.25) is 0 Å². The summed E-state index contributed by atoms with van der Waals surface area (Å²) in [4.78, 5) is 6.38. The maximum atomic E-state index is 12.9. The van der Waals surface area contributed by atoms with Crippen LogP contribution in [0.15, 0.2) is 36.5 Å². The highest BCUT2D eigenvalue weighted by atomic mass is 19.4. The molecule has 124 valence electrons. The van der Waals surface area contributed by atoms with E-state index >= 15 is 0 Å². The van der Waals surface area contributed by atoms with Gasteiger partial charge in [-0.25, -0.2) is 4.98 Å². The van der Waals surface area contributed by atoms with Crippen molar-refractivity contribution in [1.29, 1.82) is 0 Å². The minimum Gasteiger partial charge on any atom is -0.454 e. The molecule has 0 amide bonds. The lowest BCUT2D eigenvalue weighted by atomic mass is 10.3. The van der Waals surface area contributed by atoms with Gasteiger partial charge in [-0.15, -0.1) is 0 Å². The fourth-order valence-electron chi connectivity index (χ4n) is 1.44. The zero-order chi connectivity index (χ0) is 17.1. The van der Waals surface area contributed by atoms with Gasteiger partial charge in [0.25, 0.3) is 0 Å². The van der Waals surface area contributed by atoms with Crippen LogP contribution in [0.2, 0.25) is 0 Å². The summed E-state index contributed by atoms with van der Waals surface area (Å²) < 4.78 is 84.0. The first-order valence-corrected chi connectivity index (χ1v) is 6.02. The van der Waals surface area contributed by atoms with Crippen LogP contribution in [0.3, 0.4) is 0 Å². The lowest BCUT2D eigenvalue weighted by Gasteiger charge is -2.14. The molecule has 0 aliphatic rings. The molecule has 4 nitrogen and oxygen atoms in total. The van der Waals surface area contributed by atoms with Crippen molar-refractivity contribution in [3.05, 3.63) is 42.1 Å². The number of benzene rings is 1. The first-order chi connectivity index (χ1) is 10.6. The van der Waals surface area contributed by atoms with Crippen molar-refractivity contribution in [3.63, 3.8) is 0 Å². The molecule has 0 fully saturated rings. The SMILES string of the molecule is FC(F)(F)COc1ncc(C(F)(F)F)c(Oc2ccccc2)n1. The molecule has 0 atom stereocenters. The molecule has 0 saturated carbocycles. The third-order valence-electron chi connectivity index (χ3n) is 2.36. The van der Waals surface area contributed by atoms with Gasteiger partial charge in [0.15, 0.2) is 6.61 Å². The average Bonchev–Trinajstić information content (AvgIpc) is 2.44. The highest BCUT2D eigenvalue weighted by molar-refractivity contribution is 5.33. The molecular weight excluding hydrogens is 330 g/mol. The van der Waals surface area contributed by atoms with Crippen LogP contribution in [-0.4, -0.2) is 22.8 Å². The number of para-hydroxylation sites is 1. The monoisotopic (exact) mass is 338 g/mol. The number of hydrogen-bond acceptors (Lipinski definition) is 4. The van der Waals surface area contributed by atoms with Gasteiger partial charge in [-0.1, -0.05) is 18.2 Å². The van der Waals surface area contributed by atoms with Crippen molar-refractivity contribution in [2.45, 2.75) is 12.4 Å². The molecule has 2 aromatic rings. The Bertz CT molecular complexity index is 658. The van der Waals surface area contributed by atoms with Gasteiger partial charge < -0.3 is 9.47 Å². The molecular formula is C13H8F6N2O2. The molecule has 0 spiro atoms. The first kappa shape index (κ1) is 16.8. The molecule has 2 rings (SSSR count). The van der Waals surface area contributed by atoms with Crippen LogP contribution in [0.5, 0.6) is 17.6 Å². The summed E-state index contributed by atoms with van der Waals surface area (Å²) in [7, 11) is 0. The van der Waals surface area contributed by atoms with Crippen LogP contribution in [0.1, 0.15) is 5.56 Å². The van der Waals surface area contributed by atoms with Crippen LogP contribution < -0.4 is 9.47 Å². The molecule has 0 N–H and O–H groups in total. The van der Waals surface area contributed by atoms with Crippen LogP contribution in [0.4, 0.5) is 26.3 Å². The van der Waals surface area contributed by atoms with Crippen molar-refractivity contribution >= 4 is 0 Å². The highest BCUT2D eigenvalue weighted by Crippen LogP contribution is 2.37. The number of halogens is 6. The summed E-state index contributed by atoms with van der Waals surface area (Å²) in [5.41, 5.74) is -1.33. The molecule has 0 radical (unpaired) electrons. The Labute approximate surface area is 125 Å².